The number of rotatable bonds is 0. The van der Waals surface area contributed by atoms with Crippen LogP contribution in [0.4, 0.5) is 13.2 Å². The lowest BCUT2D eigenvalue weighted by molar-refractivity contribution is -0.136. The van der Waals surface area contributed by atoms with E-state index in [1.54, 1.807) is 6.07 Å². The molecule has 0 amide bonds. The molecule has 0 radical (unpaired) electrons. The van der Waals surface area contributed by atoms with Gasteiger partial charge in [0.2, 0.25) is 0 Å². The van der Waals surface area contributed by atoms with Gasteiger partial charge in [-0.3, -0.25) is 0 Å². The predicted molar refractivity (Wildman–Crippen MR) is 66.0 cm³/mol. The molecule has 0 saturated heterocycles. The molecule has 2 nitrogen and oxygen atoms in total. The van der Waals surface area contributed by atoms with Gasteiger partial charge in [0.15, 0.2) is 0 Å². The Morgan fingerprint density at radius 3 is 2.67 bits per heavy atom. The Bertz CT molecular complexity index is 574. The van der Waals surface area contributed by atoms with Gasteiger partial charge in [0.25, 0.3) is 0 Å². The highest BCUT2D eigenvalue weighted by Gasteiger charge is 2.34. The standard InChI is InChI=1S/C12H11F3N2.ClH/c13-12(14,15)9-3-1-2-7-8-6-16-5-4-10(8)17-11(7)9;/h1-3,16-17H,4-6H2;1H. The first-order valence-electron chi connectivity index (χ1n) is 5.48. The molecule has 2 heterocycles. The van der Waals surface area contributed by atoms with Crippen LogP contribution in [0.25, 0.3) is 10.9 Å². The van der Waals surface area contributed by atoms with Gasteiger partial charge in [0, 0.05) is 30.6 Å². The maximum atomic E-state index is 12.8. The van der Waals surface area contributed by atoms with Crippen molar-refractivity contribution in [1.29, 1.82) is 0 Å². The van der Waals surface area contributed by atoms with Crippen LogP contribution in [0.3, 0.4) is 0 Å². The number of para-hydroxylation sites is 1. The highest BCUT2D eigenvalue weighted by Crippen LogP contribution is 2.36. The van der Waals surface area contributed by atoms with E-state index in [4.69, 9.17) is 0 Å². The van der Waals surface area contributed by atoms with Gasteiger partial charge in [-0.15, -0.1) is 12.4 Å². The van der Waals surface area contributed by atoms with Gasteiger partial charge in [-0.25, -0.2) is 0 Å². The Morgan fingerprint density at radius 2 is 1.94 bits per heavy atom. The van der Waals surface area contributed by atoms with Crippen molar-refractivity contribution < 1.29 is 13.2 Å². The molecule has 1 aromatic carbocycles. The number of fused-ring (bicyclic) bond motifs is 3. The van der Waals surface area contributed by atoms with Crippen LogP contribution < -0.4 is 5.32 Å². The van der Waals surface area contributed by atoms with Gasteiger partial charge >= 0.3 is 6.18 Å². The molecule has 18 heavy (non-hydrogen) atoms. The summed E-state index contributed by atoms with van der Waals surface area (Å²) in [6.45, 7) is 1.44. The minimum Gasteiger partial charge on any atom is -0.358 e. The van der Waals surface area contributed by atoms with Gasteiger partial charge in [0.05, 0.1) is 11.1 Å². The summed E-state index contributed by atoms with van der Waals surface area (Å²) in [7, 11) is 0. The van der Waals surface area contributed by atoms with Crippen LogP contribution in [-0.2, 0) is 19.1 Å². The normalized spacial score (nSPS) is 15.3. The molecule has 0 aliphatic carbocycles. The van der Waals surface area contributed by atoms with Crippen molar-refractivity contribution in [2.24, 2.45) is 0 Å². The number of hydrogen-bond acceptors (Lipinski definition) is 1. The minimum atomic E-state index is -4.31. The maximum absolute atomic E-state index is 12.8. The van der Waals surface area contributed by atoms with Crippen molar-refractivity contribution in [2.45, 2.75) is 19.1 Å². The third-order valence-electron chi connectivity index (χ3n) is 3.19. The van der Waals surface area contributed by atoms with Crippen LogP contribution in [0.1, 0.15) is 16.8 Å². The van der Waals surface area contributed by atoms with Crippen LogP contribution in [0.5, 0.6) is 0 Å². The quantitative estimate of drug-likeness (QED) is 0.759. The Morgan fingerprint density at radius 1 is 1.17 bits per heavy atom. The molecule has 0 spiro atoms. The van der Waals surface area contributed by atoms with Gasteiger partial charge in [-0.2, -0.15) is 13.2 Å². The fourth-order valence-corrected chi connectivity index (χ4v) is 2.41. The maximum Gasteiger partial charge on any atom is 0.418 e. The van der Waals surface area contributed by atoms with Crippen molar-refractivity contribution in [3.63, 3.8) is 0 Å². The van der Waals surface area contributed by atoms with Crippen LogP contribution in [0.2, 0.25) is 0 Å². The molecule has 0 bridgehead atoms. The van der Waals surface area contributed by atoms with E-state index in [2.05, 4.69) is 10.3 Å². The summed E-state index contributed by atoms with van der Waals surface area (Å²) in [6, 6.07) is 4.33. The molecule has 3 rings (SSSR count). The molecule has 0 fully saturated rings. The number of benzene rings is 1. The van der Waals surface area contributed by atoms with E-state index in [1.165, 1.54) is 6.07 Å². The van der Waals surface area contributed by atoms with Crippen LogP contribution in [0.15, 0.2) is 18.2 Å². The predicted octanol–water partition coefficient (Wildman–Crippen LogP) is 3.25. The Balaban J connectivity index is 0.00000120. The smallest absolute Gasteiger partial charge is 0.358 e. The van der Waals surface area contributed by atoms with Crippen molar-refractivity contribution in [3.05, 3.63) is 35.0 Å². The number of hydrogen-bond donors (Lipinski definition) is 2. The molecule has 6 heteroatoms. The van der Waals surface area contributed by atoms with Crippen molar-refractivity contribution in [1.82, 2.24) is 10.3 Å². The summed E-state index contributed by atoms with van der Waals surface area (Å²) in [4.78, 5) is 2.93. The number of nitrogens with one attached hydrogen (secondary N) is 2. The van der Waals surface area contributed by atoms with E-state index in [1.807, 2.05) is 0 Å². The minimum absolute atomic E-state index is 0. The SMILES string of the molecule is Cl.FC(F)(F)c1cccc2c3c([nH]c12)CCNC3. The lowest BCUT2D eigenvalue weighted by atomic mass is 10.0. The molecule has 1 aliphatic heterocycles. The van der Waals surface area contributed by atoms with Crippen molar-refractivity contribution >= 4 is 23.3 Å². The second-order valence-corrected chi connectivity index (χ2v) is 4.23. The third kappa shape index (κ3) is 1.97. The third-order valence-corrected chi connectivity index (χ3v) is 3.19. The zero-order valence-corrected chi connectivity index (χ0v) is 10.2. The van der Waals surface area contributed by atoms with Crippen LogP contribution in [0, 0.1) is 0 Å². The lowest BCUT2D eigenvalue weighted by Crippen LogP contribution is -2.22. The van der Waals surface area contributed by atoms with E-state index < -0.39 is 11.7 Å². The largest absolute Gasteiger partial charge is 0.418 e. The molecule has 2 aromatic rings. The van der Waals surface area contributed by atoms with E-state index in [9.17, 15) is 13.2 Å². The average molecular weight is 277 g/mol. The summed E-state index contributed by atoms with van der Waals surface area (Å²) < 4.78 is 38.5. The molecular weight excluding hydrogens is 265 g/mol. The molecule has 98 valence electrons. The summed E-state index contributed by atoms with van der Waals surface area (Å²) >= 11 is 0. The molecule has 2 N–H and O–H groups in total. The van der Waals surface area contributed by atoms with Crippen LogP contribution in [-0.4, -0.2) is 11.5 Å². The summed E-state index contributed by atoms with van der Waals surface area (Å²) in [5, 5.41) is 3.86. The fourth-order valence-electron chi connectivity index (χ4n) is 2.41. The molecular formula is C12H12ClF3N2. The van der Waals surface area contributed by atoms with Gasteiger partial charge < -0.3 is 10.3 Å². The number of aromatic amines is 1. The lowest BCUT2D eigenvalue weighted by Gasteiger charge is -2.12. The first-order valence-corrected chi connectivity index (χ1v) is 5.48. The molecule has 0 saturated carbocycles. The number of H-pyrrole nitrogens is 1. The second kappa shape index (κ2) is 4.48. The molecule has 1 aliphatic rings. The monoisotopic (exact) mass is 276 g/mol. The molecule has 1 aromatic heterocycles. The first-order chi connectivity index (χ1) is 8.07. The molecule has 0 unspecified atom stereocenters. The second-order valence-electron chi connectivity index (χ2n) is 4.23. The van der Waals surface area contributed by atoms with E-state index in [-0.39, 0.29) is 17.9 Å². The summed E-state index contributed by atoms with van der Waals surface area (Å²) in [6.07, 6.45) is -3.55. The summed E-state index contributed by atoms with van der Waals surface area (Å²) in [5.74, 6) is 0. The Kier molecular flexibility index (Phi) is 3.29. The molecule has 0 atom stereocenters. The van der Waals surface area contributed by atoms with Gasteiger partial charge in [0.1, 0.15) is 0 Å². The highest BCUT2D eigenvalue weighted by molar-refractivity contribution is 5.88. The van der Waals surface area contributed by atoms with E-state index >= 15 is 0 Å². The summed E-state index contributed by atoms with van der Waals surface area (Å²) in [5.41, 5.74) is 1.53. The first kappa shape index (κ1) is 13.2. The zero-order valence-electron chi connectivity index (χ0n) is 9.40. The number of alkyl halides is 3. The highest BCUT2D eigenvalue weighted by atomic mass is 35.5. The average Bonchev–Trinajstić information content (AvgIpc) is 2.65. The Labute approximate surface area is 108 Å². The number of aromatic nitrogens is 1. The number of halogens is 4. The van der Waals surface area contributed by atoms with E-state index in [0.29, 0.717) is 11.9 Å². The topological polar surface area (TPSA) is 27.8 Å². The van der Waals surface area contributed by atoms with Crippen molar-refractivity contribution in [2.75, 3.05) is 6.54 Å². The van der Waals surface area contributed by atoms with Gasteiger partial charge in [-0.05, 0) is 11.6 Å². The van der Waals surface area contributed by atoms with Crippen molar-refractivity contribution in [3.8, 4) is 0 Å². The van der Waals surface area contributed by atoms with Gasteiger partial charge in [-0.1, -0.05) is 12.1 Å². The van der Waals surface area contributed by atoms with E-state index in [0.717, 1.165) is 30.3 Å². The fraction of sp³-hybridized carbons (Fsp3) is 0.333. The zero-order chi connectivity index (χ0) is 12.0. The Hall–Kier alpha value is -1.20. The van der Waals surface area contributed by atoms with Crippen LogP contribution >= 0.6 is 12.4 Å².